The van der Waals surface area contributed by atoms with Gasteiger partial charge < -0.3 is 15.2 Å². The van der Waals surface area contributed by atoms with Gasteiger partial charge in [0.05, 0.1) is 12.0 Å². The van der Waals surface area contributed by atoms with Gasteiger partial charge in [-0.1, -0.05) is 12.1 Å². The van der Waals surface area contributed by atoms with Crippen LogP contribution in [-0.4, -0.2) is 24.5 Å². The van der Waals surface area contributed by atoms with Crippen LogP contribution in [0.5, 0.6) is 5.75 Å². The van der Waals surface area contributed by atoms with Crippen molar-refractivity contribution in [1.82, 2.24) is 5.32 Å². The third-order valence-corrected chi connectivity index (χ3v) is 2.78. The van der Waals surface area contributed by atoms with E-state index < -0.39 is 17.9 Å². The van der Waals surface area contributed by atoms with E-state index in [9.17, 15) is 18.0 Å². The number of hydrogen-bond acceptors (Lipinski definition) is 3. The highest BCUT2D eigenvalue weighted by Crippen LogP contribution is 2.28. The predicted octanol–water partition coefficient (Wildman–Crippen LogP) is 2.49. The van der Waals surface area contributed by atoms with Gasteiger partial charge >= 0.3 is 12.3 Å². The highest BCUT2D eigenvalue weighted by molar-refractivity contribution is 5.68. The van der Waals surface area contributed by atoms with Gasteiger partial charge in [-0.05, 0) is 31.7 Å². The molecule has 0 bridgehead atoms. The molecule has 0 saturated carbocycles. The van der Waals surface area contributed by atoms with Gasteiger partial charge in [-0.25, -0.2) is 0 Å². The molecule has 0 spiro atoms. The molecule has 0 fully saturated rings. The van der Waals surface area contributed by atoms with Gasteiger partial charge in [-0.2, -0.15) is 0 Å². The number of ether oxygens (including phenoxy) is 1. The predicted molar refractivity (Wildman–Crippen MR) is 61.8 cm³/mol. The van der Waals surface area contributed by atoms with Crippen molar-refractivity contribution in [2.45, 2.75) is 25.2 Å². The topological polar surface area (TPSA) is 58.6 Å². The zero-order valence-corrected chi connectivity index (χ0v) is 10.4. The molecule has 1 unspecified atom stereocenters. The zero-order valence-electron chi connectivity index (χ0n) is 10.4. The molecule has 0 aromatic heterocycles. The molecule has 1 aromatic carbocycles. The van der Waals surface area contributed by atoms with E-state index in [1.165, 1.54) is 12.1 Å². The quantitative estimate of drug-likeness (QED) is 0.868. The number of rotatable bonds is 5. The molecular formula is C12H14F3NO3. The number of benzene rings is 1. The van der Waals surface area contributed by atoms with Crippen LogP contribution >= 0.6 is 0 Å². The summed E-state index contributed by atoms with van der Waals surface area (Å²) >= 11 is 0. The highest BCUT2D eigenvalue weighted by Gasteiger charge is 2.32. The maximum absolute atomic E-state index is 12.0. The van der Waals surface area contributed by atoms with Crippen molar-refractivity contribution in [2.75, 3.05) is 7.05 Å². The third-order valence-electron chi connectivity index (χ3n) is 2.78. The summed E-state index contributed by atoms with van der Waals surface area (Å²) in [6.45, 7) is 1.65. The molecular weight excluding hydrogens is 263 g/mol. The van der Waals surface area contributed by atoms with Crippen LogP contribution in [0.3, 0.4) is 0 Å². The van der Waals surface area contributed by atoms with Crippen molar-refractivity contribution in [3.05, 3.63) is 29.8 Å². The lowest BCUT2D eigenvalue weighted by atomic mass is 9.89. The van der Waals surface area contributed by atoms with Crippen LogP contribution in [0.1, 0.15) is 18.9 Å². The van der Waals surface area contributed by atoms with Gasteiger partial charge in [0.1, 0.15) is 5.75 Å². The third kappa shape index (κ3) is 4.44. The van der Waals surface area contributed by atoms with Gasteiger partial charge in [0, 0.05) is 0 Å². The first kappa shape index (κ1) is 15.3. The Kier molecular flexibility index (Phi) is 4.41. The van der Waals surface area contributed by atoms with Crippen molar-refractivity contribution < 1.29 is 27.8 Å². The van der Waals surface area contributed by atoms with Crippen LogP contribution in [-0.2, 0) is 10.3 Å². The van der Waals surface area contributed by atoms with E-state index >= 15 is 0 Å². The van der Waals surface area contributed by atoms with E-state index in [4.69, 9.17) is 5.11 Å². The van der Waals surface area contributed by atoms with E-state index in [1.54, 1.807) is 14.0 Å². The summed E-state index contributed by atoms with van der Waals surface area (Å²) in [5.41, 5.74) is -0.297. The van der Waals surface area contributed by atoms with Gasteiger partial charge in [0.25, 0.3) is 0 Å². The number of alkyl halides is 3. The molecule has 1 aromatic rings. The van der Waals surface area contributed by atoms with Crippen LogP contribution in [0.4, 0.5) is 13.2 Å². The summed E-state index contributed by atoms with van der Waals surface area (Å²) in [4.78, 5) is 10.8. The van der Waals surface area contributed by atoms with Crippen LogP contribution < -0.4 is 10.1 Å². The Morgan fingerprint density at radius 2 is 1.84 bits per heavy atom. The molecule has 0 aliphatic carbocycles. The molecule has 7 heteroatoms. The molecule has 1 atom stereocenters. The molecule has 1 rings (SSSR count). The molecule has 2 N–H and O–H groups in total. The van der Waals surface area contributed by atoms with E-state index in [1.807, 2.05) is 0 Å². The molecule has 0 aliphatic heterocycles. The summed E-state index contributed by atoms with van der Waals surface area (Å²) in [5, 5.41) is 11.7. The number of halogens is 3. The average Bonchev–Trinajstić information content (AvgIpc) is 2.26. The smallest absolute Gasteiger partial charge is 0.481 e. The summed E-state index contributed by atoms with van der Waals surface area (Å²) < 4.78 is 39.8. The lowest BCUT2D eigenvalue weighted by Gasteiger charge is -2.28. The van der Waals surface area contributed by atoms with E-state index in [-0.39, 0.29) is 12.2 Å². The van der Waals surface area contributed by atoms with Crippen LogP contribution in [0.15, 0.2) is 24.3 Å². The Labute approximate surface area is 108 Å². The molecule has 0 radical (unpaired) electrons. The van der Waals surface area contributed by atoms with Crippen LogP contribution in [0, 0.1) is 0 Å². The minimum Gasteiger partial charge on any atom is -0.481 e. The van der Waals surface area contributed by atoms with Crippen LogP contribution in [0.25, 0.3) is 0 Å². The normalized spacial score (nSPS) is 14.8. The van der Waals surface area contributed by atoms with Gasteiger partial charge in [-0.15, -0.1) is 13.2 Å². The number of carboxylic acid groups (broad SMARTS) is 1. The Bertz CT molecular complexity index is 445. The first-order chi connectivity index (χ1) is 8.66. The summed E-state index contributed by atoms with van der Waals surface area (Å²) in [6, 6.07) is 5.11. The fourth-order valence-corrected chi connectivity index (χ4v) is 1.66. The van der Waals surface area contributed by atoms with Gasteiger partial charge in [-0.3, -0.25) is 4.79 Å². The van der Waals surface area contributed by atoms with Crippen molar-refractivity contribution in [1.29, 1.82) is 0 Å². The number of nitrogens with one attached hydrogen (secondary N) is 1. The Morgan fingerprint density at radius 1 is 1.32 bits per heavy atom. The van der Waals surface area contributed by atoms with Crippen LogP contribution in [0.2, 0.25) is 0 Å². The average molecular weight is 277 g/mol. The SMILES string of the molecule is CNC(C)(CC(=O)O)c1ccc(OC(F)(F)F)cc1. The summed E-state index contributed by atoms with van der Waals surface area (Å²) in [5.74, 6) is -1.35. The molecule has 106 valence electrons. The Balaban J connectivity index is 2.93. The van der Waals surface area contributed by atoms with E-state index in [0.717, 1.165) is 12.1 Å². The first-order valence-electron chi connectivity index (χ1n) is 5.43. The summed E-state index contributed by atoms with van der Waals surface area (Å²) in [6.07, 6.45) is -4.93. The van der Waals surface area contributed by atoms with Crippen molar-refractivity contribution in [3.63, 3.8) is 0 Å². The standard InChI is InChI=1S/C12H14F3NO3/c1-11(16-2,7-10(17)18)8-3-5-9(6-4-8)19-12(13,14)15/h3-6,16H,7H2,1-2H3,(H,17,18). The van der Waals surface area contributed by atoms with Gasteiger partial charge in [0.15, 0.2) is 0 Å². The molecule has 0 aliphatic rings. The largest absolute Gasteiger partial charge is 0.573 e. The van der Waals surface area contributed by atoms with E-state index in [2.05, 4.69) is 10.1 Å². The molecule has 0 saturated heterocycles. The number of carbonyl (C=O) groups is 1. The van der Waals surface area contributed by atoms with Crippen molar-refractivity contribution in [2.24, 2.45) is 0 Å². The second-order valence-corrected chi connectivity index (χ2v) is 4.22. The maximum atomic E-state index is 12.0. The van der Waals surface area contributed by atoms with E-state index in [0.29, 0.717) is 5.56 Å². The second-order valence-electron chi connectivity index (χ2n) is 4.22. The fraction of sp³-hybridized carbons (Fsp3) is 0.417. The summed E-state index contributed by atoms with van der Waals surface area (Å²) in [7, 11) is 1.59. The number of carboxylic acids is 1. The lowest BCUT2D eigenvalue weighted by molar-refractivity contribution is -0.274. The molecule has 0 heterocycles. The van der Waals surface area contributed by atoms with Crippen molar-refractivity contribution in [3.8, 4) is 5.75 Å². The first-order valence-corrected chi connectivity index (χ1v) is 5.43. The fourth-order valence-electron chi connectivity index (χ4n) is 1.66. The highest BCUT2D eigenvalue weighted by atomic mass is 19.4. The van der Waals surface area contributed by atoms with Crippen molar-refractivity contribution >= 4 is 5.97 Å². The van der Waals surface area contributed by atoms with Gasteiger partial charge in [0.2, 0.25) is 0 Å². The molecule has 19 heavy (non-hydrogen) atoms. The monoisotopic (exact) mass is 277 g/mol. The number of hydrogen-bond donors (Lipinski definition) is 2. The Morgan fingerprint density at radius 3 is 2.21 bits per heavy atom. The second kappa shape index (κ2) is 5.48. The molecule has 0 amide bonds. The zero-order chi connectivity index (χ0) is 14.7. The lowest BCUT2D eigenvalue weighted by Crippen LogP contribution is -2.38. The minimum atomic E-state index is -4.74. The number of aliphatic carboxylic acids is 1. The minimum absolute atomic E-state index is 0.191. The Hall–Kier alpha value is -1.76. The maximum Gasteiger partial charge on any atom is 0.573 e. The molecule has 4 nitrogen and oxygen atoms in total.